The molecule has 1 aliphatic rings. The molecule has 0 bridgehead atoms. The molecule has 1 aromatic carbocycles. The van der Waals surface area contributed by atoms with Crippen molar-refractivity contribution in [3.05, 3.63) is 28.2 Å². The molecule has 1 heterocycles. The average Bonchev–Trinajstić information content (AvgIpc) is 2.42. The summed E-state index contributed by atoms with van der Waals surface area (Å²) in [5.41, 5.74) is 1.29. The molecular weight excluding hydrogens is 340 g/mol. The summed E-state index contributed by atoms with van der Waals surface area (Å²) in [4.78, 5) is 2.41. The number of piperidine rings is 1. The molecule has 1 saturated heterocycles. The van der Waals surface area contributed by atoms with Crippen LogP contribution in [0.3, 0.4) is 0 Å². The van der Waals surface area contributed by atoms with Crippen LogP contribution in [0.5, 0.6) is 5.75 Å². The number of halogens is 2. The monoisotopic (exact) mass is 362 g/mol. The summed E-state index contributed by atoms with van der Waals surface area (Å²) in [6.45, 7) is 4.47. The summed E-state index contributed by atoms with van der Waals surface area (Å²) in [5, 5.41) is 3.42. The molecular formula is C15H24BrClN2O. The molecule has 0 atom stereocenters. The van der Waals surface area contributed by atoms with Crippen LogP contribution in [0.1, 0.15) is 18.4 Å². The Morgan fingerprint density at radius 1 is 1.35 bits per heavy atom. The highest BCUT2D eigenvalue weighted by Crippen LogP contribution is 2.24. The number of hydrogen-bond donors (Lipinski definition) is 1. The fourth-order valence-corrected chi connectivity index (χ4v) is 3.03. The lowest BCUT2D eigenvalue weighted by atomic mass is 9.97. The van der Waals surface area contributed by atoms with Gasteiger partial charge in [-0.2, -0.15) is 0 Å². The van der Waals surface area contributed by atoms with Crippen LogP contribution in [0.4, 0.5) is 0 Å². The van der Waals surface area contributed by atoms with E-state index in [0.717, 1.165) is 22.7 Å². The van der Waals surface area contributed by atoms with E-state index in [9.17, 15) is 0 Å². The summed E-state index contributed by atoms with van der Waals surface area (Å²) >= 11 is 3.62. The van der Waals surface area contributed by atoms with Crippen molar-refractivity contribution in [2.75, 3.05) is 33.8 Å². The van der Waals surface area contributed by atoms with Crippen LogP contribution in [0.15, 0.2) is 22.7 Å². The Kier molecular flexibility index (Phi) is 7.88. The molecule has 114 valence electrons. The first-order valence-corrected chi connectivity index (χ1v) is 7.70. The Morgan fingerprint density at radius 2 is 2.05 bits per heavy atom. The van der Waals surface area contributed by atoms with Crippen molar-refractivity contribution in [3.8, 4) is 5.75 Å². The van der Waals surface area contributed by atoms with Crippen molar-refractivity contribution in [1.82, 2.24) is 10.2 Å². The first kappa shape index (κ1) is 17.8. The van der Waals surface area contributed by atoms with Crippen LogP contribution in [0.25, 0.3) is 0 Å². The summed E-state index contributed by atoms with van der Waals surface area (Å²) in [6.07, 6.45) is 2.59. The van der Waals surface area contributed by atoms with Crippen LogP contribution in [0, 0.1) is 5.92 Å². The van der Waals surface area contributed by atoms with Gasteiger partial charge in [-0.25, -0.2) is 0 Å². The quantitative estimate of drug-likeness (QED) is 0.868. The van der Waals surface area contributed by atoms with Crippen molar-refractivity contribution in [2.24, 2.45) is 5.92 Å². The number of rotatable bonds is 5. The second-order valence-electron chi connectivity index (χ2n) is 5.35. The molecule has 1 aliphatic heterocycles. The summed E-state index contributed by atoms with van der Waals surface area (Å²) in [7, 11) is 3.92. The van der Waals surface area contributed by atoms with Crippen molar-refractivity contribution in [1.29, 1.82) is 0 Å². The Labute approximate surface area is 136 Å². The van der Waals surface area contributed by atoms with E-state index in [4.69, 9.17) is 4.74 Å². The normalized spacial score (nSPS) is 16.0. The van der Waals surface area contributed by atoms with Crippen LogP contribution in [-0.4, -0.2) is 38.7 Å². The van der Waals surface area contributed by atoms with Gasteiger partial charge >= 0.3 is 0 Å². The van der Waals surface area contributed by atoms with Gasteiger partial charge < -0.3 is 15.0 Å². The molecule has 0 radical (unpaired) electrons. The van der Waals surface area contributed by atoms with Crippen molar-refractivity contribution in [3.63, 3.8) is 0 Å². The van der Waals surface area contributed by atoms with Crippen LogP contribution in [-0.2, 0) is 6.54 Å². The zero-order valence-corrected chi connectivity index (χ0v) is 14.6. The van der Waals surface area contributed by atoms with Gasteiger partial charge in [0.25, 0.3) is 0 Å². The number of nitrogens with one attached hydrogen (secondary N) is 1. The molecule has 0 saturated carbocycles. The van der Waals surface area contributed by atoms with Gasteiger partial charge in [0.2, 0.25) is 0 Å². The van der Waals surface area contributed by atoms with Crippen LogP contribution >= 0.6 is 28.3 Å². The fourth-order valence-electron chi connectivity index (χ4n) is 2.66. The summed E-state index contributed by atoms with van der Waals surface area (Å²) in [6, 6.07) is 6.16. The highest BCUT2D eigenvalue weighted by Gasteiger charge is 2.15. The molecule has 1 N–H and O–H groups in total. The molecule has 0 aliphatic carbocycles. The lowest BCUT2D eigenvalue weighted by Crippen LogP contribution is -2.34. The molecule has 5 heteroatoms. The maximum atomic E-state index is 5.29. The maximum absolute atomic E-state index is 5.29. The van der Waals surface area contributed by atoms with Gasteiger partial charge in [-0.05, 0) is 62.7 Å². The van der Waals surface area contributed by atoms with E-state index in [2.05, 4.69) is 45.3 Å². The molecule has 1 fully saturated rings. The SMILES string of the molecule is COc1ccc(Br)c(CN(C)CC2CCNCC2)c1.Cl. The van der Waals surface area contributed by atoms with Crippen molar-refractivity contribution >= 4 is 28.3 Å². The standard InChI is InChI=1S/C15H23BrN2O.ClH/c1-18(10-12-5-7-17-8-6-12)11-13-9-14(19-2)3-4-15(13)16;/h3-4,9,12,17H,5-8,10-11H2,1-2H3;1H. The third kappa shape index (κ3) is 5.24. The van der Waals surface area contributed by atoms with E-state index in [0.29, 0.717) is 0 Å². The predicted molar refractivity (Wildman–Crippen MR) is 89.9 cm³/mol. The smallest absolute Gasteiger partial charge is 0.119 e. The van der Waals surface area contributed by atoms with Gasteiger partial charge in [-0.3, -0.25) is 0 Å². The van der Waals surface area contributed by atoms with Crippen molar-refractivity contribution < 1.29 is 4.74 Å². The molecule has 3 nitrogen and oxygen atoms in total. The molecule has 0 unspecified atom stereocenters. The lowest BCUT2D eigenvalue weighted by molar-refractivity contribution is 0.234. The molecule has 20 heavy (non-hydrogen) atoms. The minimum Gasteiger partial charge on any atom is -0.497 e. The fraction of sp³-hybridized carbons (Fsp3) is 0.600. The van der Waals surface area contributed by atoms with Gasteiger partial charge in [-0.15, -0.1) is 12.4 Å². The number of hydrogen-bond acceptors (Lipinski definition) is 3. The topological polar surface area (TPSA) is 24.5 Å². The number of methoxy groups -OCH3 is 1. The van der Waals surface area contributed by atoms with Crippen LogP contribution in [0.2, 0.25) is 0 Å². The maximum Gasteiger partial charge on any atom is 0.119 e. The zero-order chi connectivity index (χ0) is 13.7. The molecule has 1 aromatic rings. The third-order valence-electron chi connectivity index (χ3n) is 3.72. The van der Waals surface area contributed by atoms with Gasteiger partial charge in [0.1, 0.15) is 5.75 Å². The predicted octanol–water partition coefficient (Wildman–Crippen LogP) is 3.31. The number of benzene rings is 1. The minimum atomic E-state index is 0. The zero-order valence-electron chi connectivity index (χ0n) is 12.2. The Hall–Kier alpha value is -0.290. The Bertz CT molecular complexity index is 411. The first-order valence-electron chi connectivity index (χ1n) is 6.90. The van der Waals surface area contributed by atoms with E-state index < -0.39 is 0 Å². The highest BCUT2D eigenvalue weighted by molar-refractivity contribution is 9.10. The number of nitrogens with zero attached hydrogens (tertiary/aromatic N) is 1. The second kappa shape index (κ2) is 8.88. The second-order valence-corrected chi connectivity index (χ2v) is 6.20. The van der Waals surface area contributed by atoms with Gasteiger partial charge in [-0.1, -0.05) is 15.9 Å². The highest BCUT2D eigenvalue weighted by atomic mass is 79.9. The van der Waals surface area contributed by atoms with E-state index in [1.54, 1.807) is 7.11 Å². The Balaban J connectivity index is 0.00000200. The molecule has 0 aromatic heterocycles. The number of ether oxygens (including phenoxy) is 1. The summed E-state index contributed by atoms with van der Waals surface area (Å²) < 4.78 is 6.45. The summed E-state index contributed by atoms with van der Waals surface area (Å²) in [5.74, 6) is 1.75. The van der Waals surface area contributed by atoms with E-state index in [1.807, 2.05) is 6.07 Å². The van der Waals surface area contributed by atoms with E-state index >= 15 is 0 Å². The average molecular weight is 364 g/mol. The van der Waals surface area contributed by atoms with Crippen molar-refractivity contribution in [2.45, 2.75) is 19.4 Å². The lowest BCUT2D eigenvalue weighted by Gasteiger charge is -2.27. The molecule has 0 amide bonds. The van der Waals surface area contributed by atoms with Gasteiger partial charge in [0, 0.05) is 17.6 Å². The van der Waals surface area contributed by atoms with E-state index in [-0.39, 0.29) is 12.4 Å². The van der Waals surface area contributed by atoms with Gasteiger partial charge in [0.05, 0.1) is 7.11 Å². The minimum absolute atomic E-state index is 0. The largest absolute Gasteiger partial charge is 0.497 e. The molecule has 0 spiro atoms. The van der Waals surface area contributed by atoms with Gasteiger partial charge in [0.15, 0.2) is 0 Å². The third-order valence-corrected chi connectivity index (χ3v) is 4.50. The first-order chi connectivity index (χ1) is 9.19. The van der Waals surface area contributed by atoms with E-state index in [1.165, 1.54) is 38.0 Å². The Morgan fingerprint density at radius 3 is 2.70 bits per heavy atom. The van der Waals surface area contributed by atoms with Crippen LogP contribution < -0.4 is 10.1 Å². The molecule has 2 rings (SSSR count).